The van der Waals surface area contributed by atoms with Gasteiger partial charge in [0.25, 0.3) is 5.91 Å². The zero-order valence-corrected chi connectivity index (χ0v) is 16.6. The summed E-state index contributed by atoms with van der Waals surface area (Å²) in [5.41, 5.74) is 1.34. The van der Waals surface area contributed by atoms with Gasteiger partial charge in [-0.25, -0.2) is 9.59 Å². The molecule has 2 heterocycles. The fourth-order valence-electron chi connectivity index (χ4n) is 3.29. The van der Waals surface area contributed by atoms with Gasteiger partial charge in [-0.2, -0.15) is 0 Å². The highest BCUT2D eigenvalue weighted by molar-refractivity contribution is 5.99. The standard InChI is InChI=1S/C19H26N2O7/c1-5-27-18(24)15-11(2)16(20-12(15)3)19(25)28-10-14(22)21-8-6-13(7-9-21)17(23)26-4/h13,20H,5-10H2,1-4H3. The fraction of sp³-hybridized carbons (Fsp3) is 0.579. The van der Waals surface area contributed by atoms with Crippen LogP contribution in [0.25, 0.3) is 0 Å². The molecule has 1 amide bonds. The predicted molar refractivity (Wildman–Crippen MR) is 97.8 cm³/mol. The number of amides is 1. The number of aromatic amines is 1. The van der Waals surface area contributed by atoms with Gasteiger partial charge in [-0.05, 0) is 39.2 Å². The Morgan fingerprint density at radius 1 is 1.07 bits per heavy atom. The lowest BCUT2D eigenvalue weighted by Gasteiger charge is -2.30. The van der Waals surface area contributed by atoms with Crippen LogP contribution < -0.4 is 0 Å². The minimum atomic E-state index is -0.714. The molecule has 0 aliphatic carbocycles. The maximum Gasteiger partial charge on any atom is 0.355 e. The molecule has 1 aromatic rings. The van der Waals surface area contributed by atoms with Crippen LogP contribution in [0, 0.1) is 19.8 Å². The van der Waals surface area contributed by atoms with E-state index < -0.39 is 18.5 Å². The van der Waals surface area contributed by atoms with E-state index in [1.54, 1.807) is 25.7 Å². The van der Waals surface area contributed by atoms with Crippen molar-refractivity contribution in [3.63, 3.8) is 0 Å². The lowest BCUT2D eigenvalue weighted by atomic mass is 9.97. The number of likely N-dealkylation sites (tertiary alicyclic amines) is 1. The Hall–Kier alpha value is -2.84. The molecular weight excluding hydrogens is 368 g/mol. The molecule has 0 saturated carbocycles. The molecule has 1 aromatic heterocycles. The first kappa shape index (κ1) is 21.5. The van der Waals surface area contributed by atoms with Crippen LogP contribution in [0.1, 0.15) is 51.9 Å². The number of H-pyrrole nitrogens is 1. The van der Waals surface area contributed by atoms with E-state index in [0.717, 1.165) is 0 Å². The van der Waals surface area contributed by atoms with Crippen LogP contribution in [0.5, 0.6) is 0 Å². The van der Waals surface area contributed by atoms with Gasteiger partial charge in [0.2, 0.25) is 0 Å². The molecule has 1 N–H and O–H groups in total. The largest absolute Gasteiger partial charge is 0.469 e. The SMILES string of the molecule is CCOC(=O)c1c(C)[nH]c(C(=O)OCC(=O)N2CCC(C(=O)OC)CC2)c1C. The number of nitrogens with zero attached hydrogens (tertiary/aromatic N) is 1. The van der Waals surface area contributed by atoms with Crippen LogP contribution in [0.2, 0.25) is 0 Å². The summed E-state index contributed by atoms with van der Waals surface area (Å²) >= 11 is 0. The van der Waals surface area contributed by atoms with Crippen molar-refractivity contribution in [2.24, 2.45) is 5.92 Å². The third kappa shape index (κ3) is 4.71. The normalized spacial score (nSPS) is 14.5. The van der Waals surface area contributed by atoms with Crippen LogP contribution >= 0.6 is 0 Å². The van der Waals surface area contributed by atoms with Crippen molar-refractivity contribution >= 4 is 23.8 Å². The second-order valence-corrected chi connectivity index (χ2v) is 6.60. The molecule has 0 radical (unpaired) electrons. The highest BCUT2D eigenvalue weighted by atomic mass is 16.5. The number of methoxy groups -OCH3 is 1. The number of ether oxygens (including phenoxy) is 3. The first-order valence-electron chi connectivity index (χ1n) is 9.19. The molecule has 1 aliphatic heterocycles. The molecule has 154 valence electrons. The summed E-state index contributed by atoms with van der Waals surface area (Å²) in [6, 6.07) is 0. The molecule has 1 aliphatic rings. The van der Waals surface area contributed by atoms with Gasteiger partial charge in [-0.3, -0.25) is 9.59 Å². The van der Waals surface area contributed by atoms with Crippen LogP contribution in [0.15, 0.2) is 0 Å². The van der Waals surface area contributed by atoms with Crippen molar-refractivity contribution in [2.45, 2.75) is 33.6 Å². The third-order valence-corrected chi connectivity index (χ3v) is 4.83. The Kier molecular flexibility index (Phi) is 7.19. The van der Waals surface area contributed by atoms with Crippen LogP contribution in [0.3, 0.4) is 0 Å². The maximum absolute atomic E-state index is 12.3. The van der Waals surface area contributed by atoms with Crippen LogP contribution in [0.4, 0.5) is 0 Å². The molecular formula is C19H26N2O7. The molecule has 0 bridgehead atoms. The zero-order chi connectivity index (χ0) is 20.8. The van der Waals surface area contributed by atoms with E-state index in [-0.39, 0.29) is 30.1 Å². The summed E-state index contributed by atoms with van der Waals surface area (Å²) in [5, 5.41) is 0. The average molecular weight is 394 g/mol. The molecule has 0 unspecified atom stereocenters. The Morgan fingerprint density at radius 3 is 2.29 bits per heavy atom. The van der Waals surface area contributed by atoms with E-state index in [1.807, 2.05) is 0 Å². The molecule has 9 nitrogen and oxygen atoms in total. The summed E-state index contributed by atoms with van der Waals surface area (Å²) in [6.07, 6.45) is 1.04. The number of hydrogen-bond donors (Lipinski definition) is 1. The smallest absolute Gasteiger partial charge is 0.355 e. The molecule has 9 heteroatoms. The van der Waals surface area contributed by atoms with Gasteiger partial charge in [0.1, 0.15) is 5.69 Å². The summed E-state index contributed by atoms with van der Waals surface area (Å²) in [4.78, 5) is 52.5. The van der Waals surface area contributed by atoms with E-state index in [0.29, 0.717) is 42.8 Å². The first-order valence-corrected chi connectivity index (χ1v) is 9.19. The van der Waals surface area contributed by atoms with Gasteiger partial charge in [-0.1, -0.05) is 0 Å². The number of hydrogen-bond acceptors (Lipinski definition) is 7. The van der Waals surface area contributed by atoms with Gasteiger partial charge in [0.15, 0.2) is 6.61 Å². The monoisotopic (exact) mass is 394 g/mol. The van der Waals surface area contributed by atoms with Gasteiger partial charge in [-0.15, -0.1) is 0 Å². The van der Waals surface area contributed by atoms with Crippen molar-refractivity contribution in [2.75, 3.05) is 33.4 Å². The maximum atomic E-state index is 12.3. The van der Waals surface area contributed by atoms with Gasteiger partial charge < -0.3 is 24.1 Å². The minimum absolute atomic E-state index is 0.123. The zero-order valence-electron chi connectivity index (χ0n) is 16.6. The van der Waals surface area contributed by atoms with Gasteiger partial charge in [0, 0.05) is 18.8 Å². The predicted octanol–water partition coefficient (Wildman–Crippen LogP) is 1.38. The second kappa shape index (κ2) is 9.38. The first-order chi connectivity index (χ1) is 13.3. The summed E-state index contributed by atoms with van der Waals surface area (Å²) in [7, 11) is 1.34. The topological polar surface area (TPSA) is 115 Å². The Balaban J connectivity index is 1.92. The van der Waals surface area contributed by atoms with Crippen molar-refractivity contribution < 1.29 is 33.4 Å². The molecule has 0 atom stereocenters. The Morgan fingerprint density at radius 2 is 1.71 bits per heavy atom. The van der Waals surface area contributed by atoms with Gasteiger partial charge in [0.05, 0.1) is 25.2 Å². The van der Waals surface area contributed by atoms with E-state index in [4.69, 9.17) is 14.2 Å². The molecule has 1 fully saturated rings. The number of aromatic nitrogens is 1. The number of carbonyl (C=O) groups excluding carboxylic acids is 4. The van der Waals surface area contributed by atoms with Crippen LogP contribution in [-0.2, 0) is 23.8 Å². The number of nitrogens with one attached hydrogen (secondary N) is 1. The Bertz CT molecular complexity index is 761. The summed E-state index contributed by atoms with van der Waals surface area (Å²) in [6.45, 7) is 5.60. The lowest BCUT2D eigenvalue weighted by Crippen LogP contribution is -2.42. The number of esters is 3. The number of carbonyl (C=O) groups is 4. The number of piperidine rings is 1. The quantitative estimate of drug-likeness (QED) is 0.572. The van der Waals surface area contributed by atoms with Crippen molar-refractivity contribution in [3.05, 3.63) is 22.5 Å². The van der Waals surface area contributed by atoms with Crippen LogP contribution in [-0.4, -0.2) is 67.1 Å². The summed E-state index contributed by atoms with van der Waals surface area (Å²) in [5.74, 6) is -2.04. The average Bonchev–Trinajstić information content (AvgIpc) is 2.99. The fourth-order valence-corrected chi connectivity index (χ4v) is 3.29. The summed E-state index contributed by atoms with van der Waals surface area (Å²) < 4.78 is 14.8. The third-order valence-electron chi connectivity index (χ3n) is 4.83. The Labute approximate surface area is 163 Å². The van der Waals surface area contributed by atoms with E-state index in [2.05, 4.69) is 4.98 Å². The van der Waals surface area contributed by atoms with E-state index in [9.17, 15) is 19.2 Å². The van der Waals surface area contributed by atoms with E-state index >= 15 is 0 Å². The molecule has 1 saturated heterocycles. The second-order valence-electron chi connectivity index (χ2n) is 6.60. The molecule has 2 rings (SSSR count). The van der Waals surface area contributed by atoms with E-state index in [1.165, 1.54) is 7.11 Å². The number of rotatable bonds is 6. The molecule has 28 heavy (non-hydrogen) atoms. The highest BCUT2D eigenvalue weighted by Gasteiger charge is 2.29. The highest BCUT2D eigenvalue weighted by Crippen LogP contribution is 2.21. The van der Waals surface area contributed by atoms with Crippen molar-refractivity contribution in [1.29, 1.82) is 0 Å². The molecule has 0 spiro atoms. The van der Waals surface area contributed by atoms with Crippen molar-refractivity contribution in [3.8, 4) is 0 Å². The number of aryl methyl sites for hydroxylation is 1. The van der Waals surface area contributed by atoms with Gasteiger partial charge >= 0.3 is 17.9 Å². The molecule has 0 aromatic carbocycles. The minimum Gasteiger partial charge on any atom is -0.469 e. The lowest BCUT2D eigenvalue weighted by molar-refractivity contribution is -0.149. The van der Waals surface area contributed by atoms with Crippen molar-refractivity contribution in [1.82, 2.24) is 9.88 Å².